The molecular weight excluding hydrogens is 216 g/mol. The molecule has 0 aromatic carbocycles. The van der Waals surface area contributed by atoms with E-state index in [2.05, 4.69) is 17.2 Å². The predicted molar refractivity (Wildman–Crippen MR) is 70.0 cm³/mol. The second-order valence-electron chi connectivity index (χ2n) is 4.57. The van der Waals surface area contributed by atoms with Crippen LogP contribution in [0.3, 0.4) is 0 Å². The van der Waals surface area contributed by atoms with E-state index in [9.17, 15) is 0 Å². The van der Waals surface area contributed by atoms with Crippen LogP contribution >= 0.6 is 11.3 Å². The zero-order valence-electron chi connectivity index (χ0n) is 10.2. The van der Waals surface area contributed by atoms with Crippen LogP contribution in [0.4, 0.5) is 0 Å². The third kappa shape index (κ3) is 3.29. The summed E-state index contributed by atoms with van der Waals surface area (Å²) < 4.78 is 0. The Balaban J connectivity index is 1.62. The van der Waals surface area contributed by atoms with Crippen molar-refractivity contribution in [2.75, 3.05) is 6.54 Å². The third-order valence-corrected chi connectivity index (χ3v) is 4.28. The van der Waals surface area contributed by atoms with Crippen molar-refractivity contribution >= 4 is 11.3 Å². The molecule has 1 aromatic rings. The average Bonchev–Trinajstić information content (AvgIpc) is 2.83. The van der Waals surface area contributed by atoms with Crippen LogP contribution in [0.1, 0.15) is 54.6 Å². The highest BCUT2D eigenvalue weighted by Gasteiger charge is 2.15. The smallest absolute Gasteiger partial charge is 0.107 e. The first-order valence-electron chi connectivity index (χ1n) is 6.58. The molecule has 1 heterocycles. The van der Waals surface area contributed by atoms with E-state index in [1.807, 2.05) is 11.3 Å². The quantitative estimate of drug-likeness (QED) is 0.737. The SMILES string of the molecule is CCCCCCNCc1nc2c(s1)CCC2. The van der Waals surface area contributed by atoms with Gasteiger partial charge in [0.25, 0.3) is 0 Å². The highest BCUT2D eigenvalue weighted by Crippen LogP contribution is 2.27. The second kappa shape index (κ2) is 6.36. The predicted octanol–water partition coefficient (Wildman–Crippen LogP) is 3.30. The maximum atomic E-state index is 4.68. The van der Waals surface area contributed by atoms with E-state index < -0.39 is 0 Å². The molecule has 90 valence electrons. The molecule has 2 nitrogen and oxygen atoms in total. The Morgan fingerprint density at radius 1 is 1.25 bits per heavy atom. The molecule has 3 heteroatoms. The summed E-state index contributed by atoms with van der Waals surface area (Å²) in [6, 6.07) is 0. The van der Waals surface area contributed by atoms with Crippen LogP contribution in [0.25, 0.3) is 0 Å². The Morgan fingerprint density at radius 3 is 3.00 bits per heavy atom. The first kappa shape index (κ1) is 12.1. The van der Waals surface area contributed by atoms with E-state index in [1.54, 1.807) is 4.88 Å². The number of unbranched alkanes of at least 4 members (excludes halogenated alkanes) is 3. The van der Waals surface area contributed by atoms with Crippen molar-refractivity contribution in [3.63, 3.8) is 0 Å². The van der Waals surface area contributed by atoms with Gasteiger partial charge in [0.2, 0.25) is 0 Å². The summed E-state index contributed by atoms with van der Waals surface area (Å²) in [6.07, 6.45) is 9.15. The van der Waals surface area contributed by atoms with Crippen molar-refractivity contribution in [2.45, 2.75) is 58.4 Å². The first-order valence-corrected chi connectivity index (χ1v) is 7.40. The Morgan fingerprint density at radius 2 is 2.19 bits per heavy atom. The molecule has 16 heavy (non-hydrogen) atoms. The monoisotopic (exact) mass is 238 g/mol. The summed E-state index contributed by atoms with van der Waals surface area (Å²) in [4.78, 5) is 6.23. The van der Waals surface area contributed by atoms with Crippen LogP contribution in [-0.4, -0.2) is 11.5 Å². The molecule has 0 atom stereocenters. The number of aromatic nitrogens is 1. The van der Waals surface area contributed by atoms with Crippen LogP contribution in [0, 0.1) is 0 Å². The summed E-state index contributed by atoms with van der Waals surface area (Å²) >= 11 is 1.92. The molecule has 0 radical (unpaired) electrons. The van der Waals surface area contributed by atoms with Gasteiger partial charge in [-0.2, -0.15) is 0 Å². The lowest BCUT2D eigenvalue weighted by Crippen LogP contribution is -2.14. The van der Waals surface area contributed by atoms with Crippen molar-refractivity contribution in [1.29, 1.82) is 0 Å². The minimum Gasteiger partial charge on any atom is -0.310 e. The van der Waals surface area contributed by atoms with Gasteiger partial charge in [0.05, 0.1) is 5.69 Å². The number of rotatable bonds is 7. The van der Waals surface area contributed by atoms with Crippen molar-refractivity contribution in [3.8, 4) is 0 Å². The van der Waals surface area contributed by atoms with Gasteiger partial charge in [-0.1, -0.05) is 26.2 Å². The number of hydrogen-bond acceptors (Lipinski definition) is 3. The molecule has 1 aromatic heterocycles. The molecule has 1 aliphatic rings. The average molecular weight is 238 g/mol. The van der Waals surface area contributed by atoms with Crippen molar-refractivity contribution in [1.82, 2.24) is 10.3 Å². The number of nitrogens with one attached hydrogen (secondary N) is 1. The Labute approximate surface area is 102 Å². The number of fused-ring (bicyclic) bond motifs is 1. The minimum atomic E-state index is 0.976. The van der Waals surface area contributed by atoms with Gasteiger partial charge in [-0.05, 0) is 32.2 Å². The molecule has 0 bridgehead atoms. The molecule has 0 amide bonds. The maximum Gasteiger partial charge on any atom is 0.107 e. The van der Waals surface area contributed by atoms with Gasteiger partial charge >= 0.3 is 0 Å². The summed E-state index contributed by atoms with van der Waals surface area (Å²) in [7, 11) is 0. The topological polar surface area (TPSA) is 24.9 Å². The molecule has 1 aliphatic carbocycles. The fourth-order valence-corrected chi connectivity index (χ4v) is 3.32. The summed E-state index contributed by atoms with van der Waals surface area (Å²) in [5, 5.41) is 4.79. The Hall–Kier alpha value is -0.410. The van der Waals surface area contributed by atoms with Gasteiger partial charge in [-0.25, -0.2) is 4.98 Å². The van der Waals surface area contributed by atoms with Gasteiger partial charge in [0, 0.05) is 11.4 Å². The van der Waals surface area contributed by atoms with Gasteiger partial charge in [0.15, 0.2) is 0 Å². The van der Waals surface area contributed by atoms with E-state index in [0.29, 0.717) is 0 Å². The molecular formula is C13H22N2S. The van der Waals surface area contributed by atoms with Crippen molar-refractivity contribution < 1.29 is 0 Å². The Kier molecular flexibility index (Phi) is 4.79. The molecule has 2 rings (SSSR count). The minimum absolute atomic E-state index is 0.976. The lowest BCUT2D eigenvalue weighted by Gasteiger charge is -2.01. The highest BCUT2D eigenvalue weighted by atomic mass is 32.1. The third-order valence-electron chi connectivity index (χ3n) is 3.12. The standard InChI is InChI=1S/C13H22N2S/c1-2-3-4-5-9-14-10-13-15-11-7-6-8-12(11)16-13/h14H,2-10H2,1H3. The van der Waals surface area contributed by atoms with E-state index in [-0.39, 0.29) is 0 Å². The summed E-state index contributed by atoms with van der Waals surface area (Å²) in [5.41, 5.74) is 1.38. The summed E-state index contributed by atoms with van der Waals surface area (Å²) in [5.74, 6) is 0. The fourth-order valence-electron chi connectivity index (χ4n) is 2.19. The fraction of sp³-hybridized carbons (Fsp3) is 0.769. The number of thiazole rings is 1. The van der Waals surface area contributed by atoms with E-state index in [0.717, 1.165) is 13.1 Å². The van der Waals surface area contributed by atoms with Crippen LogP contribution in [-0.2, 0) is 19.4 Å². The molecule has 0 spiro atoms. The van der Waals surface area contributed by atoms with Crippen LogP contribution in [0.5, 0.6) is 0 Å². The zero-order chi connectivity index (χ0) is 11.2. The second-order valence-corrected chi connectivity index (χ2v) is 5.74. The van der Waals surface area contributed by atoms with E-state index in [4.69, 9.17) is 0 Å². The van der Waals surface area contributed by atoms with Gasteiger partial charge < -0.3 is 5.32 Å². The number of hydrogen-bond donors (Lipinski definition) is 1. The molecule has 0 unspecified atom stereocenters. The normalized spacial score (nSPS) is 14.3. The lowest BCUT2D eigenvalue weighted by atomic mass is 10.2. The number of aryl methyl sites for hydroxylation is 2. The van der Waals surface area contributed by atoms with Crippen LogP contribution in [0.2, 0.25) is 0 Å². The molecule has 0 aliphatic heterocycles. The number of nitrogens with zero attached hydrogens (tertiary/aromatic N) is 1. The summed E-state index contributed by atoms with van der Waals surface area (Å²) in [6.45, 7) is 4.37. The van der Waals surface area contributed by atoms with Crippen molar-refractivity contribution in [2.24, 2.45) is 0 Å². The zero-order valence-corrected chi connectivity index (χ0v) is 11.0. The van der Waals surface area contributed by atoms with Crippen molar-refractivity contribution in [3.05, 3.63) is 15.6 Å². The van der Waals surface area contributed by atoms with Crippen LogP contribution < -0.4 is 5.32 Å². The molecule has 0 fully saturated rings. The van der Waals surface area contributed by atoms with Crippen LogP contribution in [0.15, 0.2) is 0 Å². The first-order chi connectivity index (χ1) is 7.90. The molecule has 0 saturated carbocycles. The maximum absolute atomic E-state index is 4.68. The molecule has 0 saturated heterocycles. The largest absolute Gasteiger partial charge is 0.310 e. The van der Waals surface area contributed by atoms with E-state index in [1.165, 1.54) is 55.6 Å². The van der Waals surface area contributed by atoms with E-state index >= 15 is 0 Å². The molecule has 1 N–H and O–H groups in total. The lowest BCUT2D eigenvalue weighted by molar-refractivity contribution is 0.596. The Bertz CT molecular complexity index is 298. The van der Waals surface area contributed by atoms with Gasteiger partial charge in [-0.3, -0.25) is 0 Å². The van der Waals surface area contributed by atoms with Gasteiger partial charge in [0.1, 0.15) is 5.01 Å². The van der Waals surface area contributed by atoms with Gasteiger partial charge in [-0.15, -0.1) is 11.3 Å². The highest BCUT2D eigenvalue weighted by molar-refractivity contribution is 7.11.